The average molecular weight is 401 g/mol. The van der Waals surface area contributed by atoms with Gasteiger partial charge in [-0.1, -0.05) is 6.07 Å². The molecule has 0 aliphatic carbocycles. The van der Waals surface area contributed by atoms with Crippen molar-refractivity contribution in [3.63, 3.8) is 0 Å². The molecule has 0 saturated carbocycles. The molecule has 0 fully saturated rings. The van der Waals surface area contributed by atoms with Gasteiger partial charge in [0.25, 0.3) is 11.8 Å². The Kier molecular flexibility index (Phi) is 6.93. The number of ether oxygens (including phenoxy) is 3. The van der Waals surface area contributed by atoms with Crippen LogP contribution in [0, 0.1) is 6.92 Å². The smallest absolute Gasteiger partial charge is 0.253 e. The van der Waals surface area contributed by atoms with Crippen LogP contribution in [-0.2, 0) is 12.8 Å². The Morgan fingerprint density at radius 1 is 1.00 bits per heavy atom. The summed E-state index contributed by atoms with van der Waals surface area (Å²) >= 11 is 0. The lowest BCUT2D eigenvalue weighted by atomic mass is 9.89. The predicted molar refractivity (Wildman–Crippen MR) is 111 cm³/mol. The zero-order valence-electron chi connectivity index (χ0n) is 17.3. The quantitative estimate of drug-likeness (QED) is 0.580. The first kappa shape index (κ1) is 21.9. The fraction of sp³-hybridized carbons (Fsp3) is 0.333. The van der Waals surface area contributed by atoms with Crippen LogP contribution in [0.3, 0.4) is 0 Å². The van der Waals surface area contributed by atoms with Crippen molar-refractivity contribution in [1.82, 2.24) is 5.32 Å². The van der Waals surface area contributed by atoms with Gasteiger partial charge in [-0.15, -0.1) is 0 Å². The first-order valence-corrected chi connectivity index (χ1v) is 9.02. The van der Waals surface area contributed by atoms with E-state index >= 15 is 0 Å². The molecule has 0 saturated heterocycles. The zero-order valence-corrected chi connectivity index (χ0v) is 17.3. The van der Waals surface area contributed by atoms with E-state index in [1.54, 1.807) is 27.2 Å². The summed E-state index contributed by atoms with van der Waals surface area (Å²) in [6, 6.07) is 5.53. The van der Waals surface area contributed by atoms with E-state index in [4.69, 9.17) is 25.7 Å². The second-order valence-electron chi connectivity index (χ2n) is 6.43. The first-order chi connectivity index (χ1) is 13.8. The maximum atomic E-state index is 12.6. The van der Waals surface area contributed by atoms with Crippen LogP contribution in [0.2, 0.25) is 0 Å². The molecule has 0 atom stereocenters. The van der Waals surface area contributed by atoms with Crippen LogP contribution < -0.4 is 31.0 Å². The van der Waals surface area contributed by atoms with Gasteiger partial charge < -0.3 is 31.0 Å². The third kappa shape index (κ3) is 4.21. The number of hydrogen-bond acceptors (Lipinski definition) is 6. The first-order valence-electron chi connectivity index (χ1n) is 9.02. The number of nitrogens with two attached hydrogens (primary N) is 2. The lowest BCUT2D eigenvalue weighted by Gasteiger charge is -2.21. The van der Waals surface area contributed by atoms with Crippen molar-refractivity contribution < 1.29 is 23.8 Å². The third-order valence-corrected chi connectivity index (χ3v) is 4.86. The summed E-state index contributed by atoms with van der Waals surface area (Å²) in [4.78, 5) is 24.8. The van der Waals surface area contributed by atoms with Crippen LogP contribution in [0.1, 0.15) is 37.4 Å². The average Bonchev–Trinajstić information content (AvgIpc) is 2.72. The molecule has 0 aliphatic rings. The van der Waals surface area contributed by atoms with Gasteiger partial charge in [0.15, 0.2) is 11.5 Å². The van der Waals surface area contributed by atoms with Crippen LogP contribution in [-0.4, -0.2) is 40.2 Å². The lowest BCUT2D eigenvalue weighted by molar-refractivity contribution is 0.0963. The summed E-state index contributed by atoms with van der Waals surface area (Å²) in [5, 5.41) is 2.58. The Bertz CT molecular complexity index is 941. The largest absolute Gasteiger partial charge is 0.496 e. The summed E-state index contributed by atoms with van der Waals surface area (Å²) in [6.07, 6.45) is 0.855. The molecule has 0 aromatic heterocycles. The molecule has 2 amide bonds. The maximum Gasteiger partial charge on any atom is 0.253 e. The standard InChI is InChI=1S/C21H27N3O5/c1-11-18(22)16(21(26)24-2)13(17(20(23)25)19(11)29-5)8-6-12-7-9-14(27-3)15(10-12)28-4/h7,9-10H,6,8,22H2,1-5H3,(H2,23,25)(H,24,26). The van der Waals surface area contributed by atoms with E-state index in [-0.39, 0.29) is 22.6 Å². The molecule has 5 N–H and O–H groups in total. The molecule has 156 valence electrons. The van der Waals surface area contributed by atoms with E-state index in [9.17, 15) is 9.59 Å². The minimum absolute atomic E-state index is 0.165. The number of hydrogen-bond donors (Lipinski definition) is 3. The zero-order chi connectivity index (χ0) is 21.7. The Balaban J connectivity index is 2.59. The van der Waals surface area contributed by atoms with Gasteiger partial charge in [0.2, 0.25) is 0 Å². The highest BCUT2D eigenvalue weighted by Gasteiger charge is 2.27. The van der Waals surface area contributed by atoms with Crippen molar-refractivity contribution >= 4 is 17.5 Å². The number of rotatable bonds is 8. The van der Waals surface area contributed by atoms with E-state index in [1.807, 2.05) is 12.1 Å². The molecule has 0 unspecified atom stereocenters. The van der Waals surface area contributed by atoms with E-state index in [2.05, 4.69) is 5.32 Å². The Hall–Kier alpha value is -3.42. The van der Waals surface area contributed by atoms with Gasteiger partial charge in [0.1, 0.15) is 5.75 Å². The predicted octanol–water partition coefficient (Wildman–Crippen LogP) is 1.85. The molecule has 8 nitrogen and oxygen atoms in total. The minimum atomic E-state index is -0.683. The molecule has 2 aromatic carbocycles. The lowest BCUT2D eigenvalue weighted by Crippen LogP contribution is -2.26. The van der Waals surface area contributed by atoms with E-state index in [1.165, 1.54) is 14.2 Å². The Labute approximate surface area is 170 Å². The monoisotopic (exact) mass is 401 g/mol. The number of carbonyl (C=O) groups excluding carboxylic acids is 2. The highest BCUT2D eigenvalue weighted by molar-refractivity contribution is 6.07. The summed E-state index contributed by atoms with van der Waals surface area (Å²) < 4.78 is 16.0. The fourth-order valence-electron chi connectivity index (χ4n) is 3.38. The van der Waals surface area contributed by atoms with Crippen LogP contribution in [0.5, 0.6) is 17.2 Å². The SMILES string of the molecule is CNC(=O)c1c(N)c(C)c(OC)c(C(N)=O)c1CCc1ccc(OC)c(OC)c1. The summed E-state index contributed by atoms with van der Waals surface area (Å²) in [7, 11) is 6.06. The number of anilines is 1. The molecule has 0 radical (unpaired) electrons. The number of carbonyl (C=O) groups is 2. The van der Waals surface area contributed by atoms with E-state index in [0.29, 0.717) is 35.5 Å². The van der Waals surface area contributed by atoms with Crippen molar-refractivity contribution in [3.8, 4) is 17.2 Å². The number of nitrogens with one attached hydrogen (secondary N) is 1. The van der Waals surface area contributed by atoms with E-state index in [0.717, 1.165) is 5.56 Å². The van der Waals surface area contributed by atoms with Gasteiger partial charge in [0, 0.05) is 12.6 Å². The summed E-state index contributed by atoms with van der Waals surface area (Å²) in [5.41, 5.74) is 14.4. The van der Waals surface area contributed by atoms with Crippen molar-refractivity contribution in [1.29, 1.82) is 0 Å². The number of amides is 2. The van der Waals surface area contributed by atoms with Crippen LogP contribution >= 0.6 is 0 Å². The highest BCUT2D eigenvalue weighted by Crippen LogP contribution is 2.36. The third-order valence-electron chi connectivity index (χ3n) is 4.86. The Morgan fingerprint density at radius 2 is 1.66 bits per heavy atom. The van der Waals surface area contributed by atoms with Crippen LogP contribution in [0.4, 0.5) is 5.69 Å². The fourth-order valence-corrected chi connectivity index (χ4v) is 3.38. The summed E-state index contributed by atoms with van der Waals surface area (Å²) in [5.74, 6) is 0.412. The van der Waals surface area contributed by atoms with Gasteiger partial charge in [-0.25, -0.2) is 0 Å². The van der Waals surface area contributed by atoms with Crippen molar-refractivity contribution in [2.75, 3.05) is 34.1 Å². The second-order valence-corrected chi connectivity index (χ2v) is 6.43. The normalized spacial score (nSPS) is 10.4. The molecule has 8 heteroatoms. The Morgan fingerprint density at radius 3 is 2.17 bits per heavy atom. The molecule has 0 aliphatic heterocycles. The molecule has 0 spiro atoms. The number of nitrogen functional groups attached to an aromatic ring is 1. The highest BCUT2D eigenvalue weighted by atomic mass is 16.5. The van der Waals surface area contributed by atoms with Gasteiger partial charge in [-0.3, -0.25) is 9.59 Å². The van der Waals surface area contributed by atoms with E-state index < -0.39 is 11.8 Å². The summed E-state index contributed by atoms with van der Waals surface area (Å²) in [6.45, 7) is 1.69. The van der Waals surface area contributed by atoms with Gasteiger partial charge in [0.05, 0.1) is 38.1 Å². The number of benzene rings is 2. The second kappa shape index (κ2) is 9.18. The molecular formula is C21H27N3O5. The topological polar surface area (TPSA) is 126 Å². The number of primary amides is 1. The molecule has 29 heavy (non-hydrogen) atoms. The van der Waals surface area contributed by atoms with Crippen molar-refractivity contribution in [2.45, 2.75) is 19.8 Å². The van der Waals surface area contributed by atoms with Gasteiger partial charge in [-0.2, -0.15) is 0 Å². The van der Waals surface area contributed by atoms with Crippen LogP contribution in [0.15, 0.2) is 18.2 Å². The molecule has 0 bridgehead atoms. The van der Waals surface area contributed by atoms with Crippen molar-refractivity contribution in [3.05, 3.63) is 46.0 Å². The van der Waals surface area contributed by atoms with Crippen molar-refractivity contribution in [2.24, 2.45) is 5.73 Å². The van der Waals surface area contributed by atoms with Gasteiger partial charge in [-0.05, 0) is 43.0 Å². The molecule has 2 rings (SSSR count). The molecule has 2 aromatic rings. The number of methoxy groups -OCH3 is 3. The minimum Gasteiger partial charge on any atom is -0.496 e. The van der Waals surface area contributed by atoms with Crippen LogP contribution in [0.25, 0.3) is 0 Å². The maximum absolute atomic E-state index is 12.6. The molecular weight excluding hydrogens is 374 g/mol. The number of aryl methyl sites for hydroxylation is 1. The molecule has 0 heterocycles. The van der Waals surface area contributed by atoms with Gasteiger partial charge >= 0.3 is 0 Å².